The molecule has 5 heterocycles. The Morgan fingerprint density at radius 3 is 2.75 bits per heavy atom. The number of aryl methyl sites for hydroxylation is 1. The summed E-state index contributed by atoms with van der Waals surface area (Å²) in [6, 6.07) is 14.1. The van der Waals surface area contributed by atoms with Crippen molar-refractivity contribution in [2.45, 2.75) is 25.9 Å². The third kappa shape index (κ3) is 4.50. The summed E-state index contributed by atoms with van der Waals surface area (Å²) in [5, 5.41) is 4.61. The zero-order chi connectivity index (χ0) is 24.5. The number of ether oxygens (including phenoxy) is 1. The van der Waals surface area contributed by atoms with Crippen LogP contribution < -0.4 is 5.32 Å². The molecule has 0 unspecified atom stereocenters. The van der Waals surface area contributed by atoms with E-state index in [9.17, 15) is 4.79 Å². The molecule has 36 heavy (non-hydrogen) atoms. The molecule has 0 spiro atoms. The van der Waals surface area contributed by atoms with Crippen molar-refractivity contribution >= 4 is 28.2 Å². The first kappa shape index (κ1) is 22.5. The van der Waals surface area contributed by atoms with E-state index < -0.39 is 0 Å². The number of hydrogen-bond donors (Lipinski definition) is 2. The molecule has 1 aromatic carbocycles. The molecule has 180 valence electrons. The van der Waals surface area contributed by atoms with Crippen LogP contribution in [0.3, 0.4) is 0 Å². The Labute approximate surface area is 211 Å². The summed E-state index contributed by atoms with van der Waals surface area (Å²) in [5.41, 5.74) is 6.26. The second-order valence-corrected chi connectivity index (χ2v) is 9.84. The topological polar surface area (TPSA) is 106 Å². The van der Waals surface area contributed by atoms with Crippen LogP contribution in [0.1, 0.15) is 28.3 Å². The largest absolute Gasteiger partial charge is 0.457 e. The standard InChI is InChI=1S/C27H24N6O2S/c1-16-3-2-4-22(33-16)25-24(31-15-32-25)17-5-6-21-18(11-17)12-19(13-29-21)23-14-30-26(36-23)27(34)35-20-7-9-28-10-8-20/h2-6,11-15,20,28H,7-10H2,1H3,(H,31,32). The van der Waals surface area contributed by atoms with Crippen LogP contribution in [0.25, 0.3) is 44.0 Å². The van der Waals surface area contributed by atoms with Crippen LogP contribution in [0.4, 0.5) is 0 Å². The first-order chi connectivity index (χ1) is 17.6. The normalized spacial score (nSPS) is 14.2. The predicted octanol–water partition coefficient (Wildman–Crippen LogP) is 5.03. The lowest BCUT2D eigenvalue weighted by molar-refractivity contribution is 0.0229. The Bertz CT molecular complexity index is 1550. The number of fused-ring (bicyclic) bond motifs is 1. The van der Waals surface area contributed by atoms with Gasteiger partial charge in [0.25, 0.3) is 0 Å². The molecule has 8 nitrogen and oxygen atoms in total. The Hall–Kier alpha value is -3.95. The summed E-state index contributed by atoms with van der Waals surface area (Å²) < 4.78 is 5.65. The van der Waals surface area contributed by atoms with Gasteiger partial charge in [-0.05, 0) is 63.2 Å². The maximum Gasteiger partial charge on any atom is 0.367 e. The van der Waals surface area contributed by atoms with Crippen LogP contribution in [-0.2, 0) is 4.74 Å². The van der Waals surface area contributed by atoms with Gasteiger partial charge in [0.1, 0.15) is 6.10 Å². The fraction of sp³-hybridized carbons (Fsp3) is 0.222. The molecule has 0 aliphatic carbocycles. The first-order valence-electron chi connectivity index (χ1n) is 11.9. The maximum atomic E-state index is 12.6. The number of rotatable bonds is 5. The molecular weight excluding hydrogens is 472 g/mol. The molecule has 1 saturated heterocycles. The number of esters is 1. The van der Waals surface area contributed by atoms with Crippen molar-refractivity contribution < 1.29 is 9.53 Å². The van der Waals surface area contributed by atoms with Gasteiger partial charge in [0.15, 0.2) is 0 Å². The number of nitrogens with one attached hydrogen (secondary N) is 2. The van der Waals surface area contributed by atoms with Crippen LogP contribution in [-0.4, -0.2) is 50.1 Å². The zero-order valence-corrected chi connectivity index (χ0v) is 20.5. The molecule has 0 atom stereocenters. The van der Waals surface area contributed by atoms with Gasteiger partial charge in [0.2, 0.25) is 5.01 Å². The number of carbonyl (C=O) groups is 1. The van der Waals surface area contributed by atoms with Gasteiger partial charge in [-0.2, -0.15) is 0 Å². The van der Waals surface area contributed by atoms with E-state index in [1.807, 2.05) is 43.5 Å². The fourth-order valence-electron chi connectivity index (χ4n) is 4.42. The predicted molar refractivity (Wildman–Crippen MR) is 140 cm³/mol. The summed E-state index contributed by atoms with van der Waals surface area (Å²) >= 11 is 1.33. The van der Waals surface area contributed by atoms with Gasteiger partial charge in [0.05, 0.1) is 33.8 Å². The lowest BCUT2D eigenvalue weighted by atomic mass is 10.0. The van der Waals surface area contributed by atoms with E-state index in [1.165, 1.54) is 11.3 Å². The van der Waals surface area contributed by atoms with Crippen molar-refractivity contribution in [3.8, 4) is 33.1 Å². The summed E-state index contributed by atoms with van der Waals surface area (Å²) in [6.45, 7) is 3.71. The highest BCUT2D eigenvalue weighted by atomic mass is 32.1. The molecule has 0 radical (unpaired) electrons. The molecule has 5 aromatic rings. The summed E-state index contributed by atoms with van der Waals surface area (Å²) in [5.74, 6) is -0.356. The summed E-state index contributed by atoms with van der Waals surface area (Å²) in [4.78, 5) is 34.9. The smallest absolute Gasteiger partial charge is 0.367 e. The van der Waals surface area contributed by atoms with Crippen molar-refractivity contribution in [2.75, 3.05) is 13.1 Å². The third-order valence-corrected chi connectivity index (χ3v) is 7.29. The maximum absolute atomic E-state index is 12.6. The number of hydrogen-bond acceptors (Lipinski definition) is 8. The van der Waals surface area contributed by atoms with Gasteiger partial charge in [0, 0.05) is 34.6 Å². The molecule has 0 bridgehead atoms. The molecular formula is C27H24N6O2S. The van der Waals surface area contributed by atoms with Crippen LogP contribution in [0.15, 0.2) is 61.2 Å². The number of pyridine rings is 2. The number of carbonyl (C=O) groups excluding carboxylic acids is 1. The minimum absolute atomic E-state index is 0.0474. The second kappa shape index (κ2) is 9.60. The molecule has 0 amide bonds. The number of benzene rings is 1. The monoisotopic (exact) mass is 496 g/mol. The lowest BCUT2D eigenvalue weighted by Crippen LogP contribution is -2.33. The van der Waals surface area contributed by atoms with Crippen LogP contribution in [0.2, 0.25) is 0 Å². The van der Waals surface area contributed by atoms with E-state index in [-0.39, 0.29) is 12.1 Å². The minimum Gasteiger partial charge on any atom is -0.457 e. The average Bonchev–Trinajstić information content (AvgIpc) is 3.59. The number of aromatic nitrogens is 5. The Morgan fingerprint density at radius 2 is 1.89 bits per heavy atom. The fourth-order valence-corrected chi connectivity index (χ4v) is 5.20. The summed E-state index contributed by atoms with van der Waals surface area (Å²) in [6.07, 6.45) is 6.83. The zero-order valence-electron chi connectivity index (χ0n) is 19.7. The van der Waals surface area contributed by atoms with Crippen molar-refractivity contribution in [2.24, 2.45) is 0 Å². The number of piperidine rings is 1. The van der Waals surface area contributed by atoms with Gasteiger partial charge in [-0.1, -0.05) is 12.1 Å². The number of H-pyrrole nitrogens is 1. The second-order valence-electron chi connectivity index (χ2n) is 8.81. The van der Waals surface area contributed by atoms with Crippen molar-refractivity contribution in [3.05, 3.63) is 71.9 Å². The van der Waals surface area contributed by atoms with E-state index in [1.54, 1.807) is 12.5 Å². The molecule has 1 aliphatic heterocycles. The van der Waals surface area contributed by atoms with Crippen LogP contribution >= 0.6 is 11.3 Å². The van der Waals surface area contributed by atoms with E-state index in [0.717, 1.165) is 75.6 Å². The molecule has 9 heteroatoms. The number of thiazole rings is 1. The quantitative estimate of drug-likeness (QED) is 0.329. The Morgan fingerprint density at radius 1 is 1.03 bits per heavy atom. The molecule has 2 N–H and O–H groups in total. The van der Waals surface area contributed by atoms with E-state index in [2.05, 4.69) is 42.4 Å². The number of imidazole rings is 1. The summed E-state index contributed by atoms with van der Waals surface area (Å²) in [7, 11) is 0. The molecule has 0 saturated carbocycles. The number of aromatic amines is 1. The minimum atomic E-state index is -0.356. The Kier molecular flexibility index (Phi) is 6.00. The average molecular weight is 497 g/mol. The van der Waals surface area contributed by atoms with Gasteiger partial charge in [-0.25, -0.2) is 14.8 Å². The van der Waals surface area contributed by atoms with Crippen LogP contribution in [0, 0.1) is 6.92 Å². The molecule has 1 fully saturated rings. The Balaban J connectivity index is 1.28. The molecule has 6 rings (SSSR count). The number of nitrogens with zero attached hydrogens (tertiary/aromatic N) is 4. The highest BCUT2D eigenvalue weighted by Crippen LogP contribution is 2.32. The first-order valence-corrected chi connectivity index (χ1v) is 12.7. The van der Waals surface area contributed by atoms with Gasteiger partial charge >= 0.3 is 5.97 Å². The van der Waals surface area contributed by atoms with Crippen LogP contribution in [0.5, 0.6) is 0 Å². The highest BCUT2D eigenvalue weighted by Gasteiger charge is 2.21. The van der Waals surface area contributed by atoms with Crippen molar-refractivity contribution in [1.29, 1.82) is 0 Å². The molecule has 1 aliphatic rings. The third-order valence-electron chi connectivity index (χ3n) is 6.26. The van der Waals surface area contributed by atoms with E-state index in [4.69, 9.17) is 4.74 Å². The van der Waals surface area contributed by atoms with Crippen molar-refractivity contribution in [1.82, 2.24) is 30.2 Å². The van der Waals surface area contributed by atoms with Gasteiger partial charge < -0.3 is 15.0 Å². The van der Waals surface area contributed by atoms with E-state index in [0.29, 0.717) is 5.01 Å². The van der Waals surface area contributed by atoms with E-state index >= 15 is 0 Å². The highest BCUT2D eigenvalue weighted by molar-refractivity contribution is 7.16. The lowest BCUT2D eigenvalue weighted by Gasteiger charge is -2.22. The van der Waals surface area contributed by atoms with Gasteiger partial charge in [-0.3, -0.25) is 9.97 Å². The molecule has 4 aromatic heterocycles. The SMILES string of the molecule is Cc1cccc(-c2[nH]cnc2-c2ccc3ncc(-c4cnc(C(=O)OC5CCNCC5)s4)cc3c2)n1. The van der Waals surface area contributed by atoms with Gasteiger partial charge in [-0.15, -0.1) is 11.3 Å². The van der Waals surface area contributed by atoms with Crippen molar-refractivity contribution in [3.63, 3.8) is 0 Å².